The number of urea groups is 1. The molecule has 7 heteroatoms. The van der Waals surface area contributed by atoms with E-state index in [4.69, 9.17) is 0 Å². The number of rotatable bonds is 4. The number of carbonyl (C=O) groups is 3. The van der Waals surface area contributed by atoms with E-state index >= 15 is 0 Å². The average molecular weight is 413 g/mol. The third-order valence-electron chi connectivity index (χ3n) is 6.97. The molecular formula is C23H32N4O3. The molecule has 0 unspecified atom stereocenters. The molecule has 3 aliphatic rings. The van der Waals surface area contributed by atoms with Crippen LogP contribution in [-0.2, 0) is 16.0 Å². The van der Waals surface area contributed by atoms with Gasteiger partial charge in [0, 0.05) is 32.2 Å². The number of imide groups is 1. The summed E-state index contributed by atoms with van der Waals surface area (Å²) in [5.41, 5.74) is 1.45. The van der Waals surface area contributed by atoms with Crippen molar-refractivity contribution >= 4 is 17.8 Å². The van der Waals surface area contributed by atoms with Crippen LogP contribution in [0.5, 0.6) is 0 Å². The van der Waals surface area contributed by atoms with Crippen molar-refractivity contribution in [2.45, 2.75) is 57.5 Å². The molecule has 1 N–H and O–H groups in total. The summed E-state index contributed by atoms with van der Waals surface area (Å²) >= 11 is 0. The predicted octanol–water partition coefficient (Wildman–Crippen LogP) is 1.93. The van der Waals surface area contributed by atoms with Crippen molar-refractivity contribution in [2.75, 3.05) is 32.7 Å². The van der Waals surface area contributed by atoms with Gasteiger partial charge in [-0.05, 0) is 44.7 Å². The van der Waals surface area contributed by atoms with Crippen molar-refractivity contribution in [3.63, 3.8) is 0 Å². The second kappa shape index (κ2) is 8.38. The number of hydrogen-bond donors (Lipinski definition) is 1. The Morgan fingerprint density at radius 3 is 2.47 bits per heavy atom. The molecule has 1 aromatic carbocycles. The van der Waals surface area contributed by atoms with Crippen LogP contribution in [0.25, 0.3) is 0 Å². The van der Waals surface area contributed by atoms with Gasteiger partial charge in [-0.15, -0.1) is 0 Å². The first-order chi connectivity index (χ1) is 14.4. The van der Waals surface area contributed by atoms with E-state index in [2.05, 4.69) is 17.1 Å². The maximum absolute atomic E-state index is 13.2. The number of aryl methyl sites for hydroxylation is 1. The Balaban J connectivity index is 1.34. The first-order valence-electron chi connectivity index (χ1n) is 11.1. The molecule has 1 aromatic rings. The Kier molecular flexibility index (Phi) is 5.82. The molecule has 7 nitrogen and oxygen atoms in total. The van der Waals surface area contributed by atoms with Crippen LogP contribution in [0, 0.1) is 6.92 Å². The van der Waals surface area contributed by atoms with Gasteiger partial charge >= 0.3 is 6.03 Å². The van der Waals surface area contributed by atoms with Gasteiger partial charge in [0.15, 0.2) is 0 Å². The van der Waals surface area contributed by atoms with E-state index in [0.29, 0.717) is 45.2 Å². The number of benzene rings is 1. The van der Waals surface area contributed by atoms with Crippen molar-refractivity contribution in [1.29, 1.82) is 0 Å². The molecule has 4 amide bonds. The van der Waals surface area contributed by atoms with E-state index < -0.39 is 5.54 Å². The Hall–Kier alpha value is -2.41. The van der Waals surface area contributed by atoms with Crippen molar-refractivity contribution in [2.24, 2.45) is 0 Å². The third kappa shape index (κ3) is 3.95. The maximum Gasteiger partial charge on any atom is 0.325 e. The molecule has 162 valence electrons. The summed E-state index contributed by atoms with van der Waals surface area (Å²) in [4.78, 5) is 44.3. The summed E-state index contributed by atoms with van der Waals surface area (Å²) in [6.07, 6.45) is 3.05. The fourth-order valence-electron chi connectivity index (χ4n) is 5.04. The molecule has 3 heterocycles. The van der Waals surface area contributed by atoms with Crippen molar-refractivity contribution in [1.82, 2.24) is 20.0 Å². The first kappa shape index (κ1) is 20.8. The molecule has 4 rings (SSSR count). The average Bonchev–Trinajstić information content (AvgIpc) is 2.98. The second-order valence-corrected chi connectivity index (χ2v) is 8.90. The molecule has 0 saturated carbocycles. The number of nitrogens with one attached hydrogen (secondary N) is 1. The zero-order valence-corrected chi connectivity index (χ0v) is 18.0. The summed E-state index contributed by atoms with van der Waals surface area (Å²) in [6, 6.07) is 7.65. The molecule has 1 spiro atoms. The van der Waals surface area contributed by atoms with Gasteiger partial charge in [-0.2, -0.15) is 0 Å². The monoisotopic (exact) mass is 412 g/mol. The minimum atomic E-state index is -0.721. The standard InChI is InChI=1S/C23H32N4O3/c1-3-25-13-9-23(10-14-25)21(29)27(22(30)24-23)19-7-11-26(12-8-19)20(28)16-18-6-4-5-17(2)15-18/h4-6,15,19H,3,7-14,16H2,1-2H3,(H,24,30). The molecule has 0 aliphatic carbocycles. The molecule has 3 aliphatic heterocycles. The number of hydrogen-bond acceptors (Lipinski definition) is 4. The Morgan fingerprint density at radius 1 is 1.13 bits per heavy atom. The van der Waals surface area contributed by atoms with Gasteiger partial charge in [0.2, 0.25) is 5.91 Å². The van der Waals surface area contributed by atoms with Crippen LogP contribution < -0.4 is 5.32 Å². The lowest BCUT2D eigenvalue weighted by atomic mass is 9.87. The lowest BCUT2D eigenvalue weighted by Gasteiger charge is -2.38. The number of carbonyl (C=O) groups excluding carboxylic acids is 3. The zero-order chi connectivity index (χ0) is 21.3. The summed E-state index contributed by atoms with van der Waals surface area (Å²) in [5.74, 6) is 0.0486. The predicted molar refractivity (Wildman–Crippen MR) is 114 cm³/mol. The van der Waals surface area contributed by atoms with E-state index in [1.54, 1.807) is 0 Å². The van der Waals surface area contributed by atoms with Gasteiger partial charge in [0.1, 0.15) is 5.54 Å². The molecule has 3 fully saturated rings. The lowest BCUT2D eigenvalue weighted by molar-refractivity contribution is -0.136. The highest BCUT2D eigenvalue weighted by molar-refractivity contribution is 6.07. The first-order valence-corrected chi connectivity index (χ1v) is 11.1. The number of nitrogens with zero attached hydrogens (tertiary/aromatic N) is 3. The van der Waals surface area contributed by atoms with Crippen molar-refractivity contribution in [3.8, 4) is 0 Å². The Bertz CT molecular complexity index is 823. The number of piperidine rings is 2. The molecule has 3 saturated heterocycles. The highest BCUT2D eigenvalue weighted by Crippen LogP contribution is 2.32. The molecule has 0 radical (unpaired) electrons. The fraction of sp³-hybridized carbons (Fsp3) is 0.609. The van der Waals surface area contributed by atoms with E-state index in [1.165, 1.54) is 4.90 Å². The summed E-state index contributed by atoms with van der Waals surface area (Å²) in [7, 11) is 0. The third-order valence-corrected chi connectivity index (χ3v) is 6.97. The molecule has 0 bridgehead atoms. The maximum atomic E-state index is 13.2. The van der Waals surface area contributed by atoms with Crippen molar-refractivity contribution < 1.29 is 14.4 Å². The van der Waals surface area contributed by atoms with Gasteiger partial charge in [-0.1, -0.05) is 36.8 Å². The van der Waals surface area contributed by atoms with Crippen LogP contribution in [0.1, 0.15) is 43.7 Å². The minimum absolute atomic E-state index is 0.0622. The van der Waals surface area contributed by atoms with Crippen LogP contribution in [0.2, 0.25) is 0 Å². The smallest absolute Gasteiger partial charge is 0.325 e. The molecule has 0 aromatic heterocycles. The highest BCUT2D eigenvalue weighted by atomic mass is 16.2. The van der Waals surface area contributed by atoms with Crippen LogP contribution in [0.4, 0.5) is 4.79 Å². The van der Waals surface area contributed by atoms with Crippen LogP contribution in [0.15, 0.2) is 24.3 Å². The lowest BCUT2D eigenvalue weighted by Crippen LogP contribution is -2.55. The normalized spacial score (nSPS) is 22.6. The topological polar surface area (TPSA) is 73.0 Å². The van der Waals surface area contributed by atoms with Gasteiger partial charge in [-0.3, -0.25) is 14.5 Å². The van der Waals surface area contributed by atoms with E-state index in [9.17, 15) is 14.4 Å². The summed E-state index contributed by atoms with van der Waals surface area (Å²) < 4.78 is 0. The fourth-order valence-corrected chi connectivity index (χ4v) is 5.04. The minimum Gasteiger partial charge on any atom is -0.342 e. The molecular weight excluding hydrogens is 380 g/mol. The van der Waals surface area contributed by atoms with Crippen LogP contribution in [0.3, 0.4) is 0 Å². The van der Waals surface area contributed by atoms with Crippen LogP contribution in [-0.4, -0.2) is 76.8 Å². The highest BCUT2D eigenvalue weighted by Gasteiger charge is 2.54. The summed E-state index contributed by atoms with van der Waals surface area (Å²) in [6.45, 7) is 7.96. The van der Waals surface area contributed by atoms with Crippen molar-refractivity contribution in [3.05, 3.63) is 35.4 Å². The Labute approximate surface area is 178 Å². The van der Waals surface area contributed by atoms with E-state index in [-0.39, 0.29) is 23.9 Å². The van der Waals surface area contributed by atoms with Gasteiger partial charge < -0.3 is 15.1 Å². The van der Waals surface area contributed by atoms with Gasteiger partial charge in [0.25, 0.3) is 5.91 Å². The van der Waals surface area contributed by atoms with E-state index in [1.807, 2.05) is 36.1 Å². The largest absolute Gasteiger partial charge is 0.342 e. The zero-order valence-electron chi connectivity index (χ0n) is 18.0. The second-order valence-electron chi connectivity index (χ2n) is 8.90. The number of amides is 4. The SMILES string of the molecule is CCN1CCC2(CC1)NC(=O)N(C1CCN(C(=O)Cc3cccc(C)c3)CC1)C2=O. The quantitative estimate of drug-likeness (QED) is 0.767. The van der Waals surface area contributed by atoms with Gasteiger partial charge in [0.05, 0.1) is 6.42 Å². The number of likely N-dealkylation sites (tertiary alicyclic amines) is 2. The van der Waals surface area contributed by atoms with E-state index in [0.717, 1.165) is 30.8 Å². The van der Waals surface area contributed by atoms with Crippen LogP contribution >= 0.6 is 0 Å². The van der Waals surface area contributed by atoms with Gasteiger partial charge in [-0.25, -0.2) is 4.79 Å². The molecule has 30 heavy (non-hydrogen) atoms. The summed E-state index contributed by atoms with van der Waals surface area (Å²) in [5, 5.41) is 3.01. The molecule has 0 atom stereocenters. The Morgan fingerprint density at radius 2 is 1.83 bits per heavy atom.